The Bertz CT molecular complexity index is 759. The van der Waals surface area contributed by atoms with E-state index in [0.29, 0.717) is 38.0 Å². The van der Waals surface area contributed by atoms with Crippen LogP contribution >= 0.6 is 0 Å². The minimum atomic E-state index is -3.10. The van der Waals surface area contributed by atoms with Crippen LogP contribution in [0.4, 0.5) is 0 Å². The average Bonchev–Trinajstić information content (AvgIpc) is 2.71. The molecule has 1 saturated heterocycles. The van der Waals surface area contributed by atoms with Crippen molar-refractivity contribution < 1.29 is 17.9 Å². The molecule has 0 aromatic heterocycles. The molecule has 1 heterocycles. The number of nitrogens with one attached hydrogen (secondary N) is 2. The zero-order valence-corrected chi connectivity index (χ0v) is 18.0. The molecule has 0 unspecified atom stereocenters. The van der Waals surface area contributed by atoms with E-state index in [2.05, 4.69) is 15.6 Å². The lowest BCUT2D eigenvalue weighted by molar-refractivity contribution is 0.306. The van der Waals surface area contributed by atoms with Gasteiger partial charge in [-0.1, -0.05) is 6.07 Å². The standard InChI is InChI=1S/C19H32N4O4S/c1-5-27-18-13-15(7-8-17(18)26-4)14-21-19(20-3)22-16-9-11-23(12-10-16)28(24,25)6-2/h7-8,13,16H,5-6,9-12,14H2,1-4H3,(H2,20,21,22). The van der Waals surface area contributed by atoms with E-state index in [-0.39, 0.29) is 11.8 Å². The van der Waals surface area contributed by atoms with Crippen LogP contribution in [0.2, 0.25) is 0 Å². The molecule has 0 bridgehead atoms. The van der Waals surface area contributed by atoms with Crippen molar-refractivity contribution in [1.82, 2.24) is 14.9 Å². The highest BCUT2D eigenvalue weighted by atomic mass is 32.2. The first kappa shape index (κ1) is 22.3. The number of piperidine rings is 1. The number of nitrogens with zero attached hydrogens (tertiary/aromatic N) is 2. The molecular weight excluding hydrogens is 380 g/mol. The van der Waals surface area contributed by atoms with E-state index in [1.54, 1.807) is 25.4 Å². The quantitative estimate of drug-likeness (QED) is 0.497. The fourth-order valence-electron chi connectivity index (χ4n) is 3.13. The average molecular weight is 413 g/mol. The van der Waals surface area contributed by atoms with Crippen molar-refractivity contribution in [2.24, 2.45) is 4.99 Å². The van der Waals surface area contributed by atoms with Crippen LogP contribution < -0.4 is 20.1 Å². The summed E-state index contributed by atoms with van der Waals surface area (Å²) in [5, 5.41) is 6.69. The number of methoxy groups -OCH3 is 1. The third-order valence-corrected chi connectivity index (χ3v) is 6.65. The lowest BCUT2D eigenvalue weighted by atomic mass is 10.1. The van der Waals surface area contributed by atoms with Crippen molar-refractivity contribution in [3.05, 3.63) is 23.8 Å². The minimum absolute atomic E-state index is 0.153. The molecule has 0 spiro atoms. The third-order valence-electron chi connectivity index (χ3n) is 4.76. The Morgan fingerprint density at radius 2 is 1.96 bits per heavy atom. The zero-order valence-electron chi connectivity index (χ0n) is 17.2. The van der Waals surface area contributed by atoms with Crippen molar-refractivity contribution in [3.8, 4) is 11.5 Å². The number of aliphatic imine (C=N–C) groups is 1. The molecule has 1 aliphatic heterocycles. The van der Waals surface area contributed by atoms with Crippen molar-refractivity contribution in [3.63, 3.8) is 0 Å². The molecule has 1 fully saturated rings. The molecule has 9 heteroatoms. The van der Waals surface area contributed by atoms with Crippen LogP contribution in [0.15, 0.2) is 23.2 Å². The first-order valence-electron chi connectivity index (χ1n) is 9.68. The van der Waals surface area contributed by atoms with Crippen molar-refractivity contribution in [1.29, 1.82) is 0 Å². The Hall–Kier alpha value is -2.00. The van der Waals surface area contributed by atoms with Gasteiger partial charge in [-0.15, -0.1) is 0 Å². The second-order valence-corrected chi connectivity index (χ2v) is 8.82. The predicted molar refractivity (Wildman–Crippen MR) is 112 cm³/mol. The minimum Gasteiger partial charge on any atom is -0.493 e. The summed E-state index contributed by atoms with van der Waals surface area (Å²) < 4.78 is 36.4. The van der Waals surface area contributed by atoms with Gasteiger partial charge in [-0.3, -0.25) is 4.99 Å². The molecule has 1 aromatic rings. The first-order chi connectivity index (χ1) is 13.4. The summed E-state index contributed by atoms with van der Waals surface area (Å²) in [7, 11) is 0.249. The number of rotatable bonds is 8. The summed E-state index contributed by atoms with van der Waals surface area (Å²) in [5.74, 6) is 2.28. The summed E-state index contributed by atoms with van der Waals surface area (Å²) in [6, 6.07) is 6.03. The highest BCUT2D eigenvalue weighted by Gasteiger charge is 2.26. The lowest BCUT2D eigenvalue weighted by Crippen LogP contribution is -2.49. The zero-order chi connectivity index (χ0) is 20.6. The van der Waals surface area contributed by atoms with Crippen LogP contribution in [0, 0.1) is 0 Å². The molecule has 1 aliphatic rings. The fraction of sp³-hybridized carbons (Fsp3) is 0.632. The Labute approximate surface area is 168 Å². The second kappa shape index (κ2) is 10.5. The number of sulfonamides is 1. The van der Waals surface area contributed by atoms with Crippen LogP contribution in [-0.2, 0) is 16.6 Å². The van der Waals surface area contributed by atoms with Gasteiger partial charge in [0.05, 0.1) is 19.5 Å². The van der Waals surface area contributed by atoms with Crippen LogP contribution in [0.25, 0.3) is 0 Å². The molecule has 0 aliphatic carbocycles. The molecule has 28 heavy (non-hydrogen) atoms. The maximum absolute atomic E-state index is 12.0. The van der Waals surface area contributed by atoms with Crippen molar-refractivity contribution in [2.75, 3.05) is 39.6 Å². The maximum Gasteiger partial charge on any atom is 0.213 e. The van der Waals surface area contributed by atoms with E-state index in [9.17, 15) is 8.42 Å². The van der Waals surface area contributed by atoms with Gasteiger partial charge in [-0.25, -0.2) is 12.7 Å². The van der Waals surface area contributed by atoms with Gasteiger partial charge in [0, 0.05) is 32.7 Å². The number of ether oxygens (including phenoxy) is 2. The molecule has 0 radical (unpaired) electrons. The molecular formula is C19H32N4O4S. The summed E-state index contributed by atoms with van der Waals surface area (Å²) in [6.45, 7) is 5.87. The monoisotopic (exact) mass is 412 g/mol. The van der Waals surface area contributed by atoms with Crippen molar-refractivity contribution >= 4 is 16.0 Å². The van der Waals surface area contributed by atoms with Gasteiger partial charge >= 0.3 is 0 Å². The van der Waals surface area contributed by atoms with E-state index in [0.717, 1.165) is 24.2 Å². The van der Waals surface area contributed by atoms with Gasteiger partial charge in [0.2, 0.25) is 10.0 Å². The first-order valence-corrected chi connectivity index (χ1v) is 11.3. The van der Waals surface area contributed by atoms with E-state index >= 15 is 0 Å². The van der Waals surface area contributed by atoms with E-state index in [1.165, 1.54) is 0 Å². The second-order valence-electron chi connectivity index (χ2n) is 6.56. The van der Waals surface area contributed by atoms with Crippen molar-refractivity contribution in [2.45, 2.75) is 39.3 Å². The van der Waals surface area contributed by atoms with Gasteiger partial charge < -0.3 is 20.1 Å². The van der Waals surface area contributed by atoms with Crippen LogP contribution in [-0.4, -0.2) is 64.3 Å². The molecule has 2 N–H and O–H groups in total. The number of benzene rings is 1. The molecule has 0 atom stereocenters. The van der Waals surface area contributed by atoms with Crippen LogP contribution in [0.1, 0.15) is 32.3 Å². The van der Waals surface area contributed by atoms with E-state index < -0.39 is 10.0 Å². The summed E-state index contributed by atoms with van der Waals surface area (Å²) in [5.41, 5.74) is 1.05. The maximum atomic E-state index is 12.0. The SMILES string of the molecule is CCOc1cc(CNC(=NC)NC2CCN(S(=O)(=O)CC)CC2)ccc1OC. The Balaban J connectivity index is 1.88. The fourth-order valence-corrected chi connectivity index (χ4v) is 4.27. The summed E-state index contributed by atoms with van der Waals surface area (Å²) in [6.07, 6.45) is 1.52. The smallest absolute Gasteiger partial charge is 0.213 e. The van der Waals surface area contributed by atoms with Gasteiger partial charge in [-0.2, -0.15) is 0 Å². The van der Waals surface area contributed by atoms with E-state index in [4.69, 9.17) is 9.47 Å². The number of hydrogen-bond donors (Lipinski definition) is 2. The van der Waals surface area contributed by atoms with E-state index in [1.807, 2.05) is 25.1 Å². The Morgan fingerprint density at radius 1 is 1.25 bits per heavy atom. The lowest BCUT2D eigenvalue weighted by Gasteiger charge is -2.32. The largest absolute Gasteiger partial charge is 0.493 e. The Morgan fingerprint density at radius 3 is 2.54 bits per heavy atom. The number of hydrogen-bond acceptors (Lipinski definition) is 5. The topological polar surface area (TPSA) is 92.3 Å². The normalized spacial score (nSPS) is 16.6. The van der Waals surface area contributed by atoms with Gasteiger partial charge in [0.15, 0.2) is 17.5 Å². The Kier molecular flexibility index (Phi) is 8.37. The summed E-state index contributed by atoms with van der Waals surface area (Å²) >= 11 is 0. The summed E-state index contributed by atoms with van der Waals surface area (Å²) in [4.78, 5) is 4.28. The molecule has 158 valence electrons. The predicted octanol–water partition coefficient (Wildman–Crippen LogP) is 1.57. The van der Waals surface area contributed by atoms with Gasteiger partial charge in [0.1, 0.15) is 0 Å². The molecule has 0 amide bonds. The highest BCUT2D eigenvalue weighted by Crippen LogP contribution is 2.28. The van der Waals surface area contributed by atoms with Crippen LogP contribution in [0.3, 0.4) is 0 Å². The van der Waals surface area contributed by atoms with Crippen LogP contribution in [0.5, 0.6) is 11.5 Å². The van der Waals surface area contributed by atoms with Gasteiger partial charge in [0.25, 0.3) is 0 Å². The molecule has 1 aromatic carbocycles. The molecule has 2 rings (SSSR count). The third kappa shape index (κ3) is 6.00. The van der Waals surface area contributed by atoms with Gasteiger partial charge in [-0.05, 0) is 44.4 Å². The molecule has 0 saturated carbocycles. The highest BCUT2D eigenvalue weighted by molar-refractivity contribution is 7.89. The number of guanidine groups is 1. The molecule has 8 nitrogen and oxygen atoms in total.